The van der Waals surface area contributed by atoms with E-state index < -0.39 is 42.5 Å². The number of benzene rings is 3. The van der Waals surface area contributed by atoms with Crippen LogP contribution in [-0.4, -0.2) is 41.7 Å². The maximum atomic E-state index is 14.2. The molecule has 13 heteroatoms. The van der Waals surface area contributed by atoms with E-state index in [9.17, 15) is 27.6 Å². The number of hydrogen-bond donors (Lipinski definition) is 2. The quantitative estimate of drug-likeness (QED) is 0.0865. The molecule has 0 saturated heterocycles. The number of nitrogens with zero attached hydrogens (tertiary/aromatic N) is 2. The SMILES string of the molecule is CCOc1cc(C(C(=O)NC(CC(=O)OC(=O)C(F)(F)F)c2ccccc2)N(N)c2ccc3cnccc3c2)ccc1OC(C)C. The van der Waals surface area contributed by atoms with Crippen molar-refractivity contribution in [1.29, 1.82) is 0 Å². The smallest absolute Gasteiger partial charge is 0.490 e. The molecular weight excluding hydrogens is 605 g/mol. The summed E-state index contributed by atoms with van der Waals surface area (Å²) in [7, 11) is 0. The molecule has 0 spiro atoms. The number of alkyl halides is 3. The topological polar surface area (TPSA) is 133 Å². The van der Waals surface area contributed by atoms with E-state index in [4.69, 9.17) is 15.3 Å². The van der Waals surface area contributed by atoms with Crippen LogP contribution in [0.15, 0.2) is 85.2 Å². The van der Waals surface area contributed by atoms with E-state index in [0.29, 0.717) is 34.9 Å². The molecule has 3 aromatic carbocycles. The molecular formula is C33H33F3N4O6. The van der Waals surface area contributed by atoms with Crippen LogP contribution in [0.3, 0.4) is 0 Å². The van der Waals surface area contributed by atoms with E-state index in [-0.39, 0.29) is 6.10 Å². The van der Waals surface area contributed by atoms with Crippen LogP contribution in [0, 0.1) is 0 Å². The van der Waals surface area contributed by atoms with Gasteiger partial charge in [0.05, 0.1) is 30.9 Å². The Kier molecular flexibility index (Phi) is 10.8. The largest absolute Gasteiger partial charge is 0.491 e. The lowest BCUT2D eigenvalue weighted by molar-refractivity contribution is -0.202. The second-order valence-electron chi connectivity index (χ2n) is 10.5. The zero-order chi connectivity index (χ0) is 33.4. The van der Waals surface area contributed by atoms with Gasteiger partial charge in [-0.2, -0.15) is 13.2 Å². The molecule has 0 aliphatic rings. The zero-order valence-corrected chi connectivity index (χ0v) is 25.3. The number of carbonyl (C=O) groups is 3. The van der Waals surface area contributed by atoms with Crippen LogP contribution in [0.1, 0.15) is 50.4 Å². The molecule has 0 aliphatic heterocycles. The molecule has 0 bridgehead atoms. The zero-order valence-electron chi connectivity index (χ0n) is 25.3. The highest BCUT2D eigenvalue weighted by Crippen LogP contribution is 2.35. The van der Waals surface area contributed by atoms with Gasteiger partial charge in [-0.3, -0.25) is 19.6 Å². The van der Waals surface area contributed by atoms with Crippen LogP contribution in [-0.2, 0) is 19.1 Å². The molecule has 2 atom stereocenters. The van der Waals surface area contributed by atoms with Gasteiger partial charge >= 0.3 is 18.1 Å². The molecule has 1 amide bonds. The van der Waals surface area contributed by atoms with Crippen LogP contribution in [0.5, 0.6) is 11.5 Å². The first kappa shape index (κ1) is 33.7. The molecule has 3 N–H and O–H groups in total. The van der Waals surface area contributed by atoms with Gasteiger partial charge in [0.1, 0.15) is 6.04 Å². The third kappa shape index (κ3) is 8.51. The maximum Gasteiger partial charge on any atom is 0.491 e. The molecule has 1 heterocycles. The molecule has 0 fully saturated rings. The summed E-state index contributed by atoms with van der Waals surface area (Å²) in [4.78, 5) is 42.1. The number of nitrogens with two attached hydrogens (primary N) is 1. The number of hydrogen-bond acceptors (Lipinski definition) is 9. The summed E-state index contributed by atoms with van der Waals surface area (Å²) in [5.41, 5.74) is 1.21. The van der Waals surface area contributed by atoms with E-state index in [0.717, 1.165) is 10.8 Å². The second-order valence-corrected chi connectivity index (χ2v) is 10.5. The van der Waals surface area contributed by atoms with Crippen molar-refractivity contribution in [2.75, 3.05) is 11.6 Å². The third-order valence-corrected chi connectivity index (χ3v) is 6.72. The maximum absolute atomic E-state index is 14.2. The highest BCUT2D eigenvalue weighted by atomic mass is 19.4. The summed E-state index contributed by atoms with van der Waals surface area (Å²) in [5, 5.41) is 5.60. The Morgan fingerprint density at radius 3 is 2.35 bits per heavy atom. The predicted octanol–water partition coefficient (Wildman–Crippen LogP) is 5.72. The minimum atomic E-state index is -5.37. The molecule has 242 valence electrons. The summed E-state index contributed by atoms with van der Waals surface area (Å²) in [6.07, 6.45) is -3.02. The lowest BCUT2D eigenvalue weighted by Crippen LogP contribution is -2.46. The fraction of sp³-hybridized carbons (Fsp3) is 0.273. The number of pyridine rings is 1. The number of rotatable bonds is 12. The first-order chi connectivity index (χ1) is 21.9. The van der Waals surface area contributed by atoms with Gasteiger partial charge in [-0.25, -0.2) is 10.6 Å². The van der Waals surface area contributed by atoms with E-state index >= 15 is 0 Å². The van der Waals surface area contributed by atoms with Crippen molar-refractivity contribution < 1.29 is 41.8 Å². The summed E-state index contributed by atoms with van der Waals surface area (Å²) >= 11 is 0. The van der Waals surface area contributed by atoms with E-state index in [1.165, 1.54) is 5.01 Å². The number of hydrazine groups is 1. The molecule has 1 aromatic heterocycles. The van der Waals surface area contributed by atoms with Crippen molar-refractivity contribution in [3.8, 4) is 11.5 Å². The average Bonchev–Trinajstić information content (AvgIpc) is 3.01. The highest BCUT2D eigenvalue weighted by Gasteiger charge is 2.43. The number of amides is 1. The van der Waals surface area contributed by atoms with E-state index in [1.807, 2.05) is 13.8 Å². The van der Waals surface area contributed by atoms with Crippen molar-refractivity contribution in [3.05, 3.63) is 96.3 Å². The Morgan fingerprint density at radius 2 is 1.67 bits per heavy atom. The number of carbonyl (C=O) groups excluding carboxylic acids is 3. The standard InChI is InChI=1S/C33H33F3N4O6/c1-4-44-28-17-23(11-13-27(28)45-20(2)3)30(40(37)25-12-10-24-19-38-15-14-22(24)16-25)31(42)39-26(21-8-6-5-7-9-21)18-29(41)46-32(43)33(34,35)36/h5-17,19-20,26,30H,4,18,37H2,1-3H3,(H,39,42). The Balaban J connectivity index is 1.74. The Bertz CT molecular complexity index is 1680. The van der Waals surface area contributed by atoms with Crippen molar-refractivity contribution in [2.45, 2.75) is 51.6 Å². The van der Waals surface area contributed by atoms with Gasteiger partial charge in [0.2, 0.25) is 5.91 Å². The number of ether oxygens (including phenoxy) is 3. The first-order valence-electron chi connectivity index (χ1n) is 14.4. The van der Waals surface area contributed by atoms with Gasteiger partial charge < -0.3 is 19.5 Å². The van der Waals surface area contributed by atoms with Gasteiger partial charge in [-0.1, -0.05) is 42.5 Å². The summed E-state index contributed by atoms with van der Waals surface area (Å²) in [6, 6.07) is 17.6. The monoisotopic (exact) mass is 638 g/mol. The summed E-state index contributed by atoms with van der Waals surface area (Å²) < 4.78 is 54.0. The van der Waals surface area contributed by atoms with Crippen molar-refractivity contribution in [3.63, 3.8) is 0 Å². The van der Waals surface area contributed by atoms with Crippen molar-refractivity contribution in [2.24, 2.45) is 5.84 Å². The van der Waals surface area contributed by atoms with Gasteiger partial charge in [0.25, 0.3) is 0 Å². The lowest BCUT2D eigenvalue weighted by atomic mass is 10.00. The molecule has 0 aliphatic carbocycles. The molecule has 4 aromatic rings. The van der Waals surface area contributed by atoms with Crippen LogP contribution >= 0.6 is 0 Å². The molecule has 0 radical (unpaired) electrons. The molecule has 4 rings (SSSR count). The fourth-order valence-electron chi connectivity index (χ4n) is 4.69. The second kappa shape index (κ2) is 14.7. The normalized spacial score (nSPS) is 12.7. The van der Waals surface area contributed by atoms with Crippen LogP contribution in [0.2, 0.25) is 0 Å². The molecule has 10 nitrogen and oxygen atoms in total. The third-order valence-electron chi connectivity index (χ3n) is 6.72. The predicted molar refractivity (Wildman–Crippen MR) is 164 cm³/mol. The summed E-state index contributed by atoms with van der Waals surface area (Å²) in [5.74, 6) is 2.63. The number of aromatic nitrogens is 1. The van der Waals surface area contributed by atoms with Crippen LogP contribution in [0.25, 0.3) is 10.8 Å². The van der Waals surface area contributed by atoms with Gasteiger partial charge in [0.15, 0.2) is 11.5 Å². The number of nitrogens with one attached hydrogen (secondary N) is 1. The first-order valence-corrected chi connectivity index (χ1v) is 14.4. The summed E-state index contributed by atoms with van der Waals surface area (Å²) in [6.45, 7) is 5.80. The van der Waals surface area contributed by atoms with Gasteiger partial charge in [0, 0.05) is 17.8 Å². The molecule has 2 unspecified atom stereocenters. The van der Waals surface area contributed by atoms with E-state index in [1.54, 1.807) is 92.1 Å². The van der Waals surface area contributed by atoms with Crippen molar-refractivity contribution in [1.82, 2.24) is 10.3 Å². The Labute approximate surface area is 263 Å². The van der Waals surface area contributed by atoms with Gasteiger partial charge in [-0.05, 0) is 67.6 Å². The minimum Gasteiger partial charge on any atom is -0.490 e. The van der Waals surface area contributed by atoms with Crippen molar-refractivity contribution >= 4 is 34.3 Å². The number of anilines is 1. The number of fused-ring (bicyclic) bond motifs is 1. The van der Waals surface area contributed by atoms with E-state index in [2.05, 4.69) is 15.0 Å². The Morgan fingerprint density at radius 1 is 0.935 bits per heavy atom. The Hall–Kier alpha value is -5.17. The molecule has 46 heavy (non-hydrogen) atoms. The lowest BCUT2D eigenvalue weighted by Gasteiger charge is -2.31. The average molecular weight is 639 g/mol. The molecule has 0 saturated carbocycles. The minimum absolute atomic E-state index is 0.169. The van der Waals surface area contributed by atoms with Crippen LogP contribution in [0.4, 0.5) is 18.9 Å². The highest BCUT2D eigenvalue weighted by molar-refractivity contribution is 5.91. The number of esters is 2. The fourth-order valence-corrected chi connectivity index (χ4v) is 4.69. The van der Waals surface area contributed by atoms with Crippen LogP contribution < -0.4 is 25.6 Å². The van der Waals surface area contributed by atoms with Gasteiger partial charge in [-0.15, -0.1) is 0 Å². The number of halogens is 3.